The molecule has 0 saturated carbocycles. The van der Waals surface area contributed by atoms with Crippen LogP contribution >= 0.6 is 0 Å². The molecule has 4 amide bonds. The number of carboxylic acid groups (broad SMARTS) is 1. The first-order valence-electron chi connectivity index (χ1n) is 17.5. The van der Waals surface area contributed by atoms with Gasteiger partial charge in [0.25, 0.3) is 0 Å². The van der Waals surface area contributed by atoms with E-state index in [4.69, 9.17) is 0 Å². The Morgan fingerprint density at radius 1 is 0.673 bits per heavy atom. The Hall–Kier alpha value is -5.97. The van der Waals surface area contributed by atoms with Gasteiger partial charge in [0.15, 0.2) is 0 Å². The first kappa shape index (κ1) is 37.3. The topological polar surface area (TPSA) is 165 Å². The molecule has 0 bridgehead atoms. The standard InChI is InChI=1S/C41H44N4O7/c1-2-11-37(47)42-34(23-29-18-20-32(46)21-19-29)40(50)45-26-31-17-10-9-16-30(31)25-36(45)39(49)43-33(22-27-12-5-3-6-13-27)38(48)44-35(41(51)52)24-28-14-7-4-8-15-28/h3-10,12-21,33-36,46H,2,11,22-26H2,1H3,(H,42,47)(H,43,49)(H,44,48)(H,51,52)/t33-,34-,35-,36-/m0/s1. The molecular formula is C41H44N4O7. The second-order valence-corrected chi connectivity index (χ2v) is 13.0. The van der Waals surface area contributed by atoms with E-state index >= 15 is 0 Å². The number of hydrogen-bond donors (Lipinski definition) is 5. The van der Waals surface area contributed by atoms with Gasteiger partial charge in [-0.3, -0.25) is 19.2 Å². The van der Waals surface area contributed by atoms with E-state index in [0.717, 1.165) is 22.3 Å². The fourth-order valence-electron chi connectivity index (χ4n) is 6.40. The van der Waals surface area contributed by atoms with Crippen LogP contribution in [0, 0.1) is 0 Å². The van der Waals surface area contributed by atoms with Crippen molar-refractivity contribution in [3.05, 3.63) is 137 Å². The molecule has 0 aliphatic carbocycles. The zero-order valence-corrected chi connectivity index (χ0v) is 29.0. The van der Waals surface area contributed by atoms with Crippen LogP contribution in [0.25, 0.3) is 0 Å². The highest BCUT2D eigenvalue weighted by Gasteiger charge is 2.39. The summed E-state index contributed by atoms with van der Waals surface area (Å²) < 4.78 is 0. The van der Waals surface area contributed by atoms with Crippen molar-refractivity contribution in [2.24, 2.45) is 0 Å². The summed E-state index contributed by atoms with van der Waals surface area (Å²) in [5.74, 6) is -3.18. The molecule has 5 rings (SSSR count). The Kier molecular flexibility index (Phi) is 12.8. The molecule has 11 nitrogen and oxygen atoms in total. The molecule has 11 heteroatoms. The van der Waals surface area contributed by atoms with Gasteiger partial charge in [0.1, 0.15) is 29.9 Å². The average molecular weight is 705 g/mol. The fraction of sp³-hybridized carbons (Fsp3) is 0.293. The lowest BCUT2D eigenvalue weighted by molar-refractivity contribution is -0.145. The Morgan fingerprint density at radius 3 is 1.81 bits per heavy atom. The van der Waals surface area contributed by atoms with Gasteiger partial charge in [-0.15, -0.1) is 0 Å². The molecule has 1 aliphatic heterocycles. The molecule has 4 atom stereocenters. The molecule has 0 aromatic heterocycles. The van der Waals surface area contributed by atoms with Crippen LogP contribution in [-0.4, -0.2) is 68.9 Å². The van der Waals surface area contributed by atoms with Crippen molar-refractivity contribution < 1.29 is 34.2 Å². The molecule has 0 spiro atoms. The SMILES string of the molecule is CCCC(=O)N[C@@H](Cc1ccc(O)cc1)C(=O)N1Cc2ccccc2C[C@H]1C(=O)N[C@@H](Cc1ccccc1)C(=O)N[C@@H](Cc1ccccc1)C(=O)O. The number of phenolic OH excluding ortho intramolecular Hbond substituents is 1. The van der Waals surface area contributed by atoms with Gasteiger partial charge in [0.05, 0.1) is 0 Å². The molecule has 0 unspecified atom stereocenters. The van der Waals surface area contributed by atoms with Crippen molar-refractivity contribution in [2.45, 2.75) is 76.2 Å². The summed E-state index contributed by atoms with van der Waals surface area (Å²) in [5, 5.41) is 28.2. The van der Waals surface area contributed by atoms with Crippen molar-refractivity contribution >= 4 is 29.6 Å². The monoisotopic (exact) mass is 704 g/mol. The van der Waals surface area contributed by atoms with Crippen molar-refractivity contribution in [1.82, 2.24) is 20.9 Å². The highest BCUT2D eigenvalue weighted by Crippen LogP contribution is 2.25. The molecule has 52 heavy (non-hydrogen) atoms. The molecule has 5 N–H and O–H groups in total. The van der Waals surface area contributed by atoms with Crippen LogP contribution in [0.2, 0.25) is 0 Å². The van der Waals surface area contributed by atoms with E-state index in [9.17, 15) is 34.2 Å². The number of amides is 4. The van der Waals surface area contributed by atoms with Crippen molar-refractivity contribution in [3.63, 3.8) is 0 Å². The minimum atomic E-state index is -1.25. The highest BCUT2D eigenvalue weighted by molar-refractivity contribution is 5.95. The van der Waals surface area contributed by atoms with E-state index in [1.54, 1.807) is 48.5 Å². The Labute approximate surface area is 303 Å². The number of carboxylic acids is 1. The van der Waals surface area contributed by atoms with Crippen LogP contribution in [0.4, 0.5) is 0 Å². The normalized spacial score (nSPS) is 15.3. The van der Waals surface area contributed by atoms with E-state index in [-0.39, 0.29) is 50.3 Å². The predicted molar refractivity (Wildman–Crippen MR) is 195 cm³/mol. The fourth-order valence-corrected chi connectivity index (χ4v) is 6.40. The number of aromatic hydroxyl groups is 1. The average Bonchev–Trinajstić information content (AvgIpc) is 3.15. The summed E-state index contributed by atoms with van der Waals surface area (Å²) in [6.07, 6.45) is 1.19. The van der Waals surface area contributed by atoms with Gasteiger partial charge in [-0.1, -0.05) is 104 Å². The van der Waals surface area contributed by atoms with Crippen LogP contribution in [0.15, 0.2) is 109 Å². The van der Waals surface area contributed by atoms with Gasteiger partial charge >= 0.3 is 5.97 Å². The second-order valence-electron chi connectivity index (χ2n) is 13.0. The number of rotatable bonds is 15. The number of carbonyl (C=O) groups excluding carboxylic acids is 4. The number of nitrogens with zero attached hydrogens (tertiary/aromatic N) is 1. The number of benzene rings is 4. The third-order valence-corrected chi connectivity index (χ3v) is 9.13. The van der Waals surface area contributed by atoms with Gasteiger partial charge < -0.3 is 31.1 Å². The van der Waals surface area contributed by atoms with E-state index in [1.165, 1.54) is 17.0 Å². The molecule has 1 heterocycles. The summed E-state index contributed by atoms with van der Waals surface area (Å²) in [6, 6.07) is 27.4. The predicted octanol–water partition coefficient (Wildman–Crippen LogP) is 3.71. The summed E-state index contributed by atoms with van der Waals surface area (Å²) in [5.41, 5.74) is 3.89. The lowest BCUT2D eigenvalue weighted by Crippen LogP contribution is -2.61. The molecule has 4 aromatic rings. The van der Waals surface area contributed by atoms with Gasteiger partial charge in [0, 0.05) is 38.6 Å². The summed E-state index contributed by atoms with van der Waals surface area (Å²) in [7, 11) is 0. The van der Waals surface area contributed by atoms with Crippen LogP contribution < -0.4 is 16.0 Å². The first-order chi connectivity index (χ1) is 25.1. The Morgan fingerprint density at radius 2 is 1.21 bits per heavy atom. The smallest absolute Gasteiger partial charge is 0.326 e. The maximum absolute atomic E-state index is 14.5. The van der Waals surface area contributed by atoms with E-state index in [1.807, 2.05) is 55.5 Å². The highest BCUT2D eigenvalue weighted by atomic mass is 16.4. The van der Waals surface area contributed by atoms with E-state index in [2.05, 4.69) is 16.0 Å². The minimum absolute atomic E-state index is 0.0434. The minimum Gasteiger partial charge on any atom is -0.508 e. The first-order valence-corrected chi connectivity index (χ1v) is 17.5. The third kappa shape index (κ3) is 10.1. The number of nitrogens with one attached hydrogen (secondary N) is 3. The van der Waals surface area contributed by atoms with Gasteiger partial charge in [-0.05, 0) is 46.4 Å². The van der Waals surface area contributed by atoms with Crippen molar-refractivity contribution in [1.29, 1.82) is 0 Å². The summed E-state index contributed by atoms with van der Waals surface area (Å²) >= 11 is 0. The number of fused-ring (bicyclic) bond motifs is 1. The third-order valence-electron chi connectivity index (χ3n) is 9.13. The van der Waals surface area contributed by atoms with Gasteiger partial charge in [-0.25, -0.2) is 4.79 Å². The van der Waals surface area contributed by atoms with Crippen LogP contribution in [0.5, 0.6) is 5.75 Å². The number of hydrogen-bond acceptors (Lipinski definition) is 6. The summed E-state index contributed by atoms with van der Waals surface area (Å²) in [4.78, 5) is 69.3. The van der Waals surface area contributed by atoms with Crippen LogP contribution in [0.1, 0.15) is 47.6 Å². The van der Waals surface area contributed by atoms with E-state index in [0.29, 0.717) is 12.0 Å². The molecule has 1 aliphatic rings. The number of phenols is 1. The maximum Gasteiger partial charge on any atom is 0.326 e. The maximum atomic E-state index is 14.5. The Bertz CT molecular complexity index is 1850. The zero-order chi connectivity index (χ0) is 37.0. The van der Waals surface area contributed by atoms with Gasteiger partial charge in [-0.2, -0.15) is 0 Å². The lowest BCUT2D eigenvalue weighted by Gasteiger charge is -2.38. The molecule has 4 aromatic carbocycles. The van der Waals surface area contributed by atoms with Crippen LogP contribution in [0.3, 0.4) is 0 Å². The molecule has 0 fully saturated rings. The summed E-state index contributed by atoms with van der Waals surface area (Å²) in [6.45, 7) is 1.96. The lowest BCUT2D eigenvalue weighted by atomic mass is 9.91. The van der Waals surface area contributed by atoms with Crippen LogP contribution in [-0.2, 0) is 56.2 Å². The van der Waals surface area contributed by atoms with Gasteiger partial charge in [0.2, 0.25) is 23.6 Å². The Balaban J connectivity index is 1.43. The molecular weight excluding hydrogens is 660 g/mol. The number of aliphatic carboxylic acids is 1. The van der Waals surface area contributed by atoms with Crippen molar-refractivity contribution in [2.75, 3.05) is 0 Å². The zero-order valence-electron chi connectivity index (χ0n) is 29.0. The van der Waals surface area contributed by atoms with Crippen molar-refractivity contribution in [3.8, 4) is 5.75 Å². The second kappa shape index (κ2) is 17.8. The molecule has 0 radical (unpaired) electrons. The molecule has 270 valence electrons. The largest absolute Gasteiger partial charge is 0.508 e. The van der Waals surface area contributed by atoms with E-state index < -0.39 is 47.9 Å². The quantitative estimate of drug-likeness (QED) is 0.126. The molecule has 0 saturated heterocycles. The number of carbonyl (C=O) groups is 5.